The van der Waals surface area contributed by atoms with E-state index < -0.39 is 0 Å². The second kappa shape index (κ2) is 73.2. The molecule has 384 valence electrons. The van der Waals surface area contributed by atoms with Crippen LogP contribution in [0.5, 0.6) is 0 Å². The van der Waals surface area contributed by atoms with Crippen LogP contribution in [0.25, 0.3) is 0 Å². The van der Waals surface area contributed by atoms with E-state index in [1.807, 2.05) is 0 Å². The lowest BCUT2D eigenvalue weighted by atomic mass is 10.4. The molecule has 1 heteroatoms. The van der Waals surface area contributed by atoms with Crippen LogP contribution in [0.1, 0.15) is 6.92 Å². The van der Waals surface area contributed by atoms with Gasteiger partial charge in [-0.05, 0) is 54.3 Å². The lowest BCUT2D eigenvalue weighted by Gasteiger charge is -1.58. The van der Waals surface area contributed by atoms with Crippen molar-refractivity contribution in [3.05, 3.63) is 0 Å². The second-order valence-electron chi connectivity index (χ2n) is 11.7. The molecule has 0 unspecified atom stereocenters. The van der Waals surface area contributed by atoms with Gasteiger partial charge in [0.25, 0.3) is 0 Å². The molecule has 0 fully saturated rings. The van der Waals surface area contributed by atoms with E-state index in [1.54, 1.807) is 13.0 Å². The maximum Gasteiger partial charge on any atom is 0.153 e. The molecule has 0 aromatic carbocycles. The first kappa shape index (κ1) is 74.2. The normalized spacial score (nSPS) is 3.96. The van der Waals surface area contributed by atoms with Gasteiger partial charge in [0.1, 0.15) is 0 Å². The Bertz CT molecular complexity index is 6660. The number of nitriles is 1. The Morgan fingerprint density at radius 1 is 0.0842 bits per heavy atom. The van der Waals surface area contributed by atoms with Gasteiger partial charge in [0.05, 0.1) is 0 Å². The monoisotopic (exact) mass is 1150 g/mol. The van der Waals surface area contributed by atoms with Gasteiger partial charge in [-0.2, -0.15) is 5.26 Å². The Morgan fingerprint density at radius 2 is 0.137 bits per heavy atom. The van der Waals surface area contributed by atoms with E-state index in [0.717, 1.165) is 0 Å². The number of rotatable bonds is 0. The molecule has 0 N–H and O–H groups in total. The zero-order chi connectivity index (χ0) is 67.8. The van der Waals surface area contributed by atoms with Crippen LogP contribution < -0.4 is 0 Å². The Hall–Kier alpha value is -20.7. The van der Waals surface area contributed by atoms with Crippen molar-refractivity contribution in [2.75, 3.05) is 0 Å². The van der Waals surface area contributed by atoms with Gasteiger partial charge in [0.2, 0.25) is 0 Å². The van der Waals surface area contributed by atoms with Gasteiger partial charge in [0, 0.05) is 491 Å². The van der Waals surface area contributed by atoms with Crippen molar-refractivity contribution in [3.63, 3.8) is 0 Å². The van der Waals surface area contributed by atoms with Crippen molar-refractivity contribution in [3.8, 4) is 551 Å². The van der Waals surface area contributed by atoms with Crippen LogP contribution in [-0.4, -0.2) is 0 Å². The fourth-order valence-corrected chi connectivity index (χ4v) is 2.87. The number of hydrogen-bond donors (Lipinski definition) is 0. The minimum atomic E-state index is 1.63. The first-order valence-electron chi connectivity index (χ1n) is 23.7. The highest BCUT2D eigenvalue weighted by Crippen LogP contribution is 1.67. The fraction of sp³-hybridized carbons (Fsp3) is 0.0106. The van der Waals surface area contributed by atoms with Crippen LogP contribution >= 0.6 is 0 Å². The van der Waals surface area contributed by atoms with Gasteiger partial charge in [-0.25, -0.2) is 0 Å². The first-order valence-corrected chi connectivity index (χ1v) is 23.7. The Morgan fingerprint density at radius 3 is 0.189 bits per heavy atom. The smallest absolute Gasteiger partial charge is 0.153 e. The average molecular weight is 1150 g/mol. The summed E-state index contributed by atoms with van der Waals surface area (Å²) < 4.78 is 0. The molecule has 95 heavy (non-hydrogen) atoms. The number of hydrogen-bond acceptors (Lipinski definition) is 1. The molecule has 0 atom stereocenters. The first-order chi connectivity index (χ1) is 47.4. The minimum absolute atomic E-state index is 1.63. The molecular formula is C94H3N. The zero-order valence-corrected chi connectivity index (χ0v) is 47.9. The molecule has 0 radical (unpaired) electrons. The lowest BCUT2D eigenvalue weighted by Crippen LogP contribution is -1.57. The summed E-state index contributed by atoms with van der Waals surface area (Å²) in [7, 11) is 0. The summed E-state index contributed by atoms with van der Waals surface area (Å²) in [6.07, 6.45) is 0. The van der Waals surface area contributed by atoms with Crippen molar-refractivity contribution in [1.29, 1.82) is 5.26 Å². The summed E-state index contributed by atoms with van der Waals surface area (Å²) >= 11 is 0. The molecule has 0 amide bonds. The lowest BCUT2D eigenvalue weighted by molar-refractivity contribution is 1.55. The van der Waals surface area contributed by atoms with Crippen molar-refractivity contribution < 1.29 is 0 Å². The summed E-state index contributed by atoms with van der Waals surface area (Å²) in [5.74, 6) is 229. The topological polar surface area (TPSA) is 23.8 Å². The van der Waals surface area contributed by atoms with Gasteiger partial charge >= 0.3 is 0 Å². The van der Waals surface area contributed by atoms with Crippen molar-refractivity contribution >= 4 is 0 Å². The maximum absolute atomic E-state index is 8.22. The molecule has 0 rings (SSSR count). The highest BCUT2D eigenvalue weighted by atomic mass is 14.2. The summed E-state index contributed by atoms with van der Waals surface area (Å²) in [5, 5.41) is 8.22. The SMILES string of the molecule is CC#CC#CC#CC#CC#CC#CC#CC#CC#CC#CC#CC#CC#CC#CC#CC#CC#CC#CC#CC#CC#CC#CC#CC#CC#CC#CC#CC#CC#CC#CC#CC#CC#CC#CC#CC#CC#CC#CC#CC#CC#CC#CC#CC#CC#CC#CC#N. The van der Waals surface area contributed by atoms with E-state index in [-0.39, 0.29) is 0 Å². The van der Waals surface area contributed by atoms with E-state index in [9.17, 15) is 0 Å². The third-order valence-electron chi connectivity index (χ3n) is 5.81. The molecule has 0 saturated heterocycles. The second-order valence-corrected chi connectivity index (χ2v) is 11.7. The predicted molar refractivity (Wildman–Crippen MR) is 369 cm³/mol. The third-order valence-corrected chi connectivity index (χ3v) is 5.81. The van der Waals surface area contributed by atoms with E-state index >= 15 is 0 Å². The molecule has 0 heterocycles. The van der Waals surface area contributed by atoms with E-state index in [4.69, 9.17) is 5.26 Å². The summed E-state index contributed by atoms with van der Waals surface area (Å²) in [5.41, 5.74) is 0. The fourth-order valence-electron chi connectivity index (χ4n) is 2.87. The van der Waals surface area contributed by atoms with Crippen molar-refractivity contribution in [1.82, 2.24) is 0 Å². The highest BCUT2D eigenvalue weighted by molar-refractivity contribution is 5.55. The maximum atomic E-state index is 8.22. The molecule has 0 aromatic heterocycles. The van der Waals surface area contributed by atoms with E-state index in [1.165, 1.54) is 0 Å². The summed E-state index contributed by atoms with van der Waals surface area (Å²) in [6.45, 7) is 1.68. The summed E-state index contributed by atoms with van der Waals surface area (Å²) in [4.78, 5) is 0. The van der Waals surface area contributed by atoms with Crippen LogP contribution in [0.4, 0.5) is 0 Å². The molecule has 0 spiro atoms. The molecule has 0 saturated carbocycles. The molecule has 0 bridgehead atoms. The van der Waals surface area contributed by atoms with Crippen LogP contribution in [0.15, 0.2) is 0 Å². The Labute approximate surface area is 559 Å². The van der Waals surface area contributed by atoms with E-state index in [0.29, 0.717) is 0 Å². The molecule has 0 aliphatic carbocycles. The van der Waals surface area contributed by atoms with Crippen LogP contribution in [0.3, 0.4) is 0 Å². The minimum Gasteiger partial charge on any atom is -0.183 e. The Kier molecular flexibility index (Phi) is 57.3. The quantitative estimate of drug-likeness (QED) is 0.329. The van der Waals surface area contributed by atoms with Crippen molar-refractivity contribution in [2.24, 2.45) is 0 Å². The molecular weight excluding hydrogens is 1140 g/mol. The summed E-state index contributed by atoms with van der Waals surface area (Å²) in [6, 6.07) is 1.63. The Balaban J connectivity index is 4.63. The van der Waals surface area contributed by atoms with Gasteiger partial charge in [-0.1, -0.05) is 5.92 Å². The van der Waals surface area contributed by atoms with E-state index in [2.05, 4.69) is 545 Å². The average Bonchev–Trinajstić information content (AvgIpc) is 3.59. The molecule has 0 aromatic rings. The van der Waals surface area contributed by atoms with Gasteiger partial charge in [0.15, 0.2) is 6.07 Å². The largest absolute Gasteiger partial charge is 0.183 e. The highest BCUT2D eigenvalue weighted by Gasteiger charge is 1.66. The zero-order valence-electron chi connectivity index (χ0n) is 47.9. The van der Waals surface area contributed by atoms with Crippen LogP contribution in [-0.2, 0) is 0 Å². The van der Waals surface area contributed by atoms with Gasteiger partial charge < -0.3 is 0 Å². The molecule has 0 aliphatic rings. The standard InChI is InChI=1S/C94H3N/c1-2-3-4-5-6-7-8-9-10-11-12-13-14-15-16-17-18-19-20-21-22-23-24-25-26-27-28-29-30-31-32-33-34-35-36-37-38-39-40-41-42-43-44-45-46-47-48-49-50-51-52-53-54-55-56-57-58-59-60-61-62-63-64-65-66-67-68-69-70-71-72-73-74-75-76-77-78-79-80-81-82-83-84-85-86-87-88-89-90-91-92-93-94-95/h1H3. The van der Waals surface area contributed by atoms with Crippen LogP contribution in [0.2, 0.25) is 0 Å². The molecule has 0 aliphatic heterocycles. The number of nitrogens with zero attached hydrogens (tertiary/aromatic N) is 1. The van der Waals surface area contributed by atoms with Gasteiger partial charge in [-0.3, -0.25) is 0 Å². The third kappa shape index (κ3) is 73.2. The predicted octanol–water partition coefficient (Wildman–Crippen LogP) is 0.686. The molecule has 1 nitrogen and oxygen atoms in total. The van der Waals surface area contributed by atoms with Crippen LogP contribution in [0, 0.1) is 556 Å². The van der Waals surface area contributed by atoms with Crippen molar-refractivity contribution in [2.45, 2.75) is 6.92 Å². The van der Waals surface area contributed by atoms with Gasteiger partial charge in [-0.15, -0.1) is 0 Å².